The Bertz CT molecular complexity index is 393. The molecule has 1 saturated heterocycles. The van der Waals surface area contributed by atoms with Crippen LogP contribution >= 0.6 is 11.6 Å². The molecule has 0 aromatic carbocycles. The number of amidine groups is 1. The molecule has 2 rings (SSSR count). The van der Waals surface area contributed by atoms with E-state index in [0.717, 1.165) is 31.6 Å². The summed E-state index contributed by atoms with van der Waals surface area (Å²) in [5.41, 5.74) is 6.55. The summed E-state index contributed by atoms with van der Waals surface area (Å²) in [5.74, 6) is 0.424. The van der Waals surface area contributed by atoms with Gasteiger partial charge in [0.2, 0.25) is 0 Å². The molecule has 0 aliphatic carbocycles. The number of hydrogen-bond donors (Lipinski definition) is 2. The van der Waals surface area contributed by atoms with Crippen LogP contribution < -0.4 is 10.6 Å². The molecule has 0 radical (unpaired) electrons. The molecule has 1 aliphatic rings. The first-order valence-corrected chi connectivity index (χ1v) is 5.74. The van der Waals surface area contributed by atoms with Crippen LogP contribution in [0.15, 0.2) is 18.5 Å². The van der Waals surface area contributed by atoms with Crippen molar-refractivity contribution in [3.05, 3.63) is 23.5 Å². The lowest BCUT2D eigenvalue weighted by Crippen LogP contribution is -2.41. The molecule has 4 nitrogen and oxygen atoms in total. The molecule has 1 fully saturated rings. The van der Waals surface area contributed by atoms with E-state index in [1.807, 2.05) is 6.07 Å². The van der Waals surface area contributed by atoms with E-state index in [2.05, 4.69) is 9.88 Å². The van der Waals surface area contributed by atoms with Crippen LogP contribution in [0.25, 0.3) is 0 Å². The van der Waals surface area contributed by atoms with E-state index >= 15 is 0 Å². The third kappa shape index (κ3) is 2.27. The average Bonchev–Trinajstić information content (AvgIpc) is 2.30. The fourth-order valence-corrected chi connectivity index (χ4v) is 2.31. The Morgan fingerprint density at radius 3 is 3.12 bits per heavy atom. The Morgan fingerprint density at radius 1 is 1.62 bits per heavy atom. The first-order valence-electron chi connectivity index (χ1n) is 5.37. The first kappa shape index (κ1) is 11.2. The SMILES string of the molecule is N=C(N)C1CCCN(c2ccncc2Cl)C1. The maximum Gasteiger partial charge on any atom is 0.0954 e. The number of nitrogens with two attached hydrogens (primary N) is 1. The van der Waals surface area contributed by atoms with Crippen molar-refractivity contribution in [2.24, 2.45) is 11.7 Å². The topological polar surface area (TPSA) is 66.0 Å². The third-order valence-electron chi connectivity index (χ3n) is 2.95. The zero-order chi connectivity index (χ0) is 11.5. The molecule has 1 unspecified atom stereocenters. The summed E-state index contributed by atoms with van der Waals surface area (Å²) in [5, 5.41) is 8.16. The van der Waals surface area contributed by atoms with E-state index in [9.17, 15) is 0 Å². The number of hydrogen-bond acceptors (Lipinski definition) is 3. The van der Waals surface area contributed by atoms with Crippen LogP contribution in [0.4, 0.5) is 5.69 Å². The normalized spacial score (nSPS) is 20.8. The molecule has 1 aromatic rings. The second-order valence-electron chi connectivity index (χ2n) is 4.07. The number of nitrogens with one attached hydrogen (secondary N) is 1. The van der Waals surface area contributed by atoms with Crippen molar-refractivity contribution in [3.63, 3.8) is 0 Å². The van der Waals surface area contributed by atoms with Crippen molar-refractivity contribution in [3.8, 4) is 0 Å². The number of piperidine rings is 1. The summed E-state index contributed by atoms with van der Waals surface area (Å²) < 4.78 is 0. The average molecular weight is 239 g/mol. The van der Waals surface area contributed by atoms with Gasteiger partial charge in [0.15, 0.2) is 0 Å². The molecule has 16 heavy (non-hydrogen) atoms. The zero-order valence-corrected chi connectivity index (χ0v) is 9.74. The van der Waals surface area contributed by atoms with Crippen LogP contribution in [0.3, 0.4) is 0 Å². The van der Waals surface area contributed by atoms with Crippen LogP contribution in [0, 0.1) is 11.3 Å². The van der Waals surface area contributed by atoms with E-state index in [0.29, 0.717) is 5.02 Å². The number of aromatic nitrogens is 1. The van der Waals surface area contributed by atoms with Crippen molar-refractivity contribution in [2.45, 2.75) is 12.8 Å². The maximum atomic E-state index is 7.50. The lowest BCUT2D eigenvalue weighted by molar-refractivity contribution is 0.503. The molecule has 86 valence electrons. The Morgan fingerprint density at radius 2 is 2.44 bits per heavy atom. The van der Waals surface area contributed by atoms with Gasteiger partial charge >= 0.3 is 0 Å². The van der Waals surface area contributed by atoms with E-state index in [1.165, 1.54) is 0 Å². The molecular weight excluding hydrogens is 224 g/mol. The fraction of sp³-hybridized carbons (Fsp3) is 0.455. The molecule has 1 aromatic heterocycles. The summed E-state index contributed by atoms with van der Waals surface area (Å²) in [6.45, 7) is 1.74. The van der Waals surface area contributed by atoms with Gasteiger partial charge in [0.1, 0.15) is 0 Å². The van der Waals surface area contributed by atoms with Crippen molar-refractivity contribution in [2.75, 3.05) is 18.0 Å². The van der Waals surface area contributed by atoms with Crippen LogP contribution in [-0.4, -0.2) is 23.9 Å². The number of pyridine rings is 1. The molecule has 3 N–H and O–H groups in total. The smallest absolute Gasteiger partial charge is 0.0954 e. The van der Waals surface area contributed by atoms with E-state index in [-0.39, 0.29) is 11.8 Å². The quantitative estimate of drug-likeness (QED) is 0.611. The molecule has 0 amide bonds. The summed E-state index contributed by atoms with van der Waals surface area (Å²) >= 11 is 6.10. The van der Waals surface area contributed by atoms with Crippen molar-refractivity contribution >= 4 is 23.1 Å². The summed E-state index contributed by atoms with van der Waals surface area (Å²) in [6.07, 6.45) is 5.42. The number of halogens is 1. The highest BCUT2D eigenvalue weighted by Crippen LogP contribution is 2.28. The van der Waals surface area contributed by atoms with Gasteiger partial charge in [0, 0.05) is 31.4 Å². The molecular formula is C11H15ClN4. The largest absolute Gasteiger partial charge is 0.387 e. The lowest BCUT2D eigenvalue weighted by Gasteiger charge is -2.34. The van der Waals surface area contributed by atoms with Crippen LogP contribution in [0.5, 0.6) is 0 Å². The third-order valence-corrected chi connectivity index (χ3v) is 3.24. The van der Waals surface area contributed by atoms with Gasteiger partial charge in [-0.2, -0.15) is 0 Å². The highest BCUT2D eigenvalue weighted by molar-refractivity contribution is 6.33. The minimum absolute atomic E-state index is 0.151. The summed E-state index contributed by atoms with van der Waals surface area (Å²) in [6, 6.07) is 1.91. The van der Waals surface area contributed by atoms with E-state index in [4.69, 9.17) is 22.7 Å². The van der Waals surface area contributed by atoms with Crippen LogP contribution in [-0.2, 0) is 0 Å². The predicted molar refractivity (Wildman–Crippen MR) is 66.1 cm³/mol. The van der Waals surface area contributed by atoms with Crippen molar-refractivity contribution in [1.82, 2.24) is 4.98 Å². The number of nitrogens with zero attached hydrogens (tertiary/aromatic N) is 2. The summed E-state index contributed by atoms with van der Waals surface area (Å²) in [4.78, 5) is 6.15. The van der Waals surface area contributed by atoms with Gasteiger partial charge in [0.25, 0.3) is 0 Å². The Balaban J connectivity index is 2.16. The number of rotatable bonds is 2. The fourth-order valence-electron chi connectivity index (χ4n) is 2.07. The van der Waals surface area contributed by atoms with Crippen molar-refractivity contribution < 1.29 is 0 Å². The minimum Gasteiger partial charge on any atom is -0.387 e. The highest BCUT2D eigenvalue weighted by atomic mass is 35.5. The molecule has 0 spiro atoms. The second kappa shape index (κ2) is 4.70. The van der Waals surface area contributed by atoms with E-state index in [1.54, 1.807) is 12.4 Å². The van der Waals surface area contributed by atoms with Crippen LogP contribution in [0.2, 0.25) is 5.02 Å². The standard InChI is InChI=1S/C11H15ClN4/c12-9-6-15-4-3-10(9)16-5-1-2-8(7-16)11(13)14/h3-4,6,8H,1-2,5,7H2,(H3,13,14). The van der Waals surface area contributed by atoms with Gasteiger partial charge < -0.3 is 10.6 Å². The van der Waals surface area contributed by atoms with Crippen LogP contribution in [0.1, 0.15) is 12.8 Å². The van der Waals surface area contributed by atoms with Gasteiger partial charge in [-0.15, -0.1) is 0 Å². The zero-order valence-electron chi connectivity index (χ0n) is 8.99. The van der Waals surface area contributed by atoms with Crippen molar-refractivity contribution in [1.29, 1.82) is 5.41 Å². The maximum absolute atomic E-state index is 7.50. The Kier molecular flexibility index (Phi) is 3.29. The summed E-state index contributed by atoms with van der Waals surface area (Å²) in [7, 11) is 0. The van der Waals surface area contributed by atoms with Gasteiger partial charge in [-0.25, -0.2) is 0 Å². The van der Waals surface area contributed by atoms with Gasteiger partial charge in [0.05, 0.1) is 16.5 Å². The molecule has 5 heteroatoms. The highest BCUT2D eigenvalue weighted by Gasteiger charge is 2.23. The second-order valence-corrected chi connectivity index (χ2v) is 4.47. The molecule has 2 heterocycles. The first-order chi connectivity index (χ1) is 7.68. The van der Waals surface area contributed by atoms with E-state index < -0.39 is 0 Å². The predicted octanol–water partition coefficient (Wildman–Crippen LogP) is 1.89. The van der Waals surface area contributed by atoms with Gasteiger partial charge in [-0.05, 0) is 18.9 Å². The van der Waals surface area contributed by atoms with Gasteiger partial charge in [-0.1, -0.05) is 11.6 Å². The monoisotopic (exact) mass is 238 g/mol. The van der Waals surface area contributed by atoms with Gasteiger partial charge in [-0.3, -0.25) is 10.4 Å². The molecule has 1 aliphatic heterocycles. The Labute approximate surface area is 99.9 Å². The lowest BCUT2D eigenvalue weighted by atomic mass is 9.97. The molecule has 0 saturated carbocycles. The number of anilines is 1. The molecule has 1 atom stereocenters. The molecule has 0 bridgehead atoms. The Hall–Kier alpha value is -1.29. The minimum atomic E-state index is 0.151.